The van der Waals surface area contributed by atoms with Crippen LogP contribution >= 0.6 is 0 Å². The Morgan fingerprint density at radius 1 is 1.12 bits per heavy atom. The third-order valence-electron chi connectivity index (χ3n) is 2.73. The number of rotatable bonds is 2. The van der Waals surface area contributed by atoms with E-state index in [1.165, 1.54) is 0 Å². The van der Waals surface area contributed by atoms with Crippen LogP contribution in [-0.4, -0.2) is 14.5 Å². The summed E-state index contributed by atoms with van der Waals surface area (Å²) in [6, 6.07) is 13.6. The maximum Gasteiger partial charge on any atom is 0.327 e. The molecule has 1 N–H and O–H groups in total. The van der Waals surface area contributed by atoms with Crippen LogP contribution in [0.15, 0.2) is 53.5 Å². The van der Waals surface area contributed by atoms with E-state index in [2.05, 4.69) is 9.97 Å². The van der Waals surface area contributed by atoms with Gasteiger partial charge in [0.1, 0.15) is 0 Å². The van der Waals surface area contributed by atoms with Crippen LogP contribution in [0.25, 0.3) is 11.2 Å². The lowest BCUT2D eigenvalue weighted by Crippen LogP contribution is -2.17. The highest BCUT2D eigenvalue weighted by Crippen LogP contribution is 2.08. The Morgan fingerprint density at radius 2 is 1.94 bits per heavy atom. The van der Waals surface area contributed by atoms with E-state index in [1.54, 1.807) is 10.8 Å². The normalized spacial score (nSPS) is 10.8. The van der Waals surface area contributed by atoms with Crippen molar-refractivity contribution in [1.82, 2.24) is 14.5 Å². The lowest BCUT2D eigenvalue weighted by Gasteiger charge is -2.02. The summed E-state index contributed by atoms with van der Waals surface area (Å²) in [5.41, 5.74) is 2.44. The molecule has 0 aliphatic heterocycles. The number of aromatic nitrogens is 3. The molecule has 2 heterocycles. The molecule has 84 valence electrons. The number of aromatic amines is 1. The maximum atomic E-state index is 11.8. The minimum atomic E-state index is -0.123. The van der Waals surface area contributed by atoms with Crippen LogP contribution in [0.4, 0.5) is 0 Å². The molecule has 2 aromatic heterocycles. The fourth-order valence-electron chi connectivity index (χ4n) is 1.91. The topological polar surface area (TPSA) is 50.7 Å². The predicted molar refractivity (Wildman–Crippen MR) is 65.9 cm³/mol. The zero-order valence-corrected chi connectivity index (χ0v) is 9.13. The highest BCUT2D eigenvalue weighted by Gasteiger charge is 2.06. The minimum absolute atomic E-state index is 0.123. The first kappa shape index (κ1) is 9.84. The largest absolute Gasteiger partial charge is 0.327 e. The number of pyridine rings is 1. The molecule has 4 nitrogen and oxygen atoms in total. The van der Waals surface area contributed by atoms with Crippen molar-refractivity contribution in [3.8, 4) is 0 Å². The quantitative estimate of drug-likeness (QED) is 0.722. The van der Waals surface area contributed by atoms with E-state index in [-0.39, 0.29) is 5.69 Å². The van der Waals surface area contributed by atoms with Gasteiger partial charge in [-0.2, -0.15) is 0 Å². The van der Waals surface area contributed by atoms with Crippen LogP contribution in [-0.2, 0) is 6.54 Å². The molecular formula is C13H11N3O. The van der Waals surface area contributed by atoms with Gasteiger partial charge in [0.15, 0.2) is 5.65 Å². The Hall–Kier alpha value is -2.36. The lowest BCUT2D eigenvalue weighted by molar-refractivity contribution is 0.787. The monoisotopic (exact) mass is 225 g/mol. The molecule has 0 aliphatic rings. The Kier molecular flexibility index (Phi) is 2.26. The average molecular weight is 225 g/mol. The average Bonchev–Trinajstić information content (AvgIpc) is 2.68. The number of hydrogen-bond donors (Lipinski definition) is 1. The van der Waals surface area contributed by atoms with Gasteiger partial charge in [0, 0.05) is 6.20 Å². The van der Waals surface area contributed by atoms with Crippen LogP contribution < -0.4 is 5.69 Å². The Bertz CT molecular complexity index is 697. The van der Waals surface area contributed by atoms with Crippen LogP contribution in [0.1, 0.15) is 5.56 Å². The van der Waals surface area contributed by atoms with Crippen LogP contribution in [0, 0.1) is 0 Å². The van der Waals surface area contributed by atoms with Gasteiger partial charge in [-0.3, -0.25) is 9.55 Å². The first-order valence-electron chi connectivity index (χ1n) is 5.42. The Morgan fingerprint density at radius 3 is 2.76 bits per heavy atom. The van der Waals surface area contributed by atoms with Crippen molar-refractivity contribution in [1.29, 1.82) is 0 Å². The Labute approximate surface area is 97.6 Å². The highest BCUT2D eigenvalue weighted by atomic mass is 16.1. The molecule has 1 aromatic carbocycles. The SMILES string of the molecule is O=c1[nH]c2ncccc2n1Cc1ccccc1. The van der Waals surface area contributed by atoms with Crippen molar-refractivity contribution >= 4 is 11.2 Å². The second-order valence-electron chi connectivity index (χ2n) is 3.87. The van der Waals surface area contributed by atoms with E-state index in [1.807, 2.05) is 42.5 Å². The second-order valence-corrected chi connectivity index (χ2v) is 3.87. The molecule has 0 atom stereocenters. The second kappa shape index (κ2) is 3.90. The fraction of sp³-hybridized carbons (Fsp3) is 0.0769. The summed E-state index contributed by atoms with van der Waals surface area (Å²) in [6.45, 7) is 0.561. The molecule has 0 saturated heterocycles. The summed E-state index contributed by atoms with van der Waals surface area (Å²) in [4.78, 5) is 18.7. The number of fused-ring (bicyclic) bond motifs is 1. The van der Waals surface area contributed by atoms with Gasteiger partial charge >= 0.3 is 5.69 Å². The van der Waals surface area contributed by atoms with Crippen LogP contribution in [0.3, 0.4) is 0 Å². The zero-order valence-electron chi connectivity index (χ0n) is 9.13. The number of H-pyrrole nitrogens is 1. The number of imidazole rings is 1. The minimum Gasteiger partial charge on any atom is -0.290 e. The zero-order chi connectivity index (χ0) is 11.7. The molecule has 0 aliphatic carbocycles. The van der Waals surface area contributed by atoms with E-state index >= 15 is 0 Å². The molecule has 0 fully saturated rings. The first-order chi connectivity index (χ1) is 8.34. The summed E-state index contributed by atoms with van der Waals surface area (Å²) in [5, 5.41) is 0. The molecule has 17 heavy (non-hydrogen) atoms. The molecular weight excluding hydrogens is 214 g/mol. The standard InChI is InChI=1S/C13H11N3O/c17-13-15-12-11(7-4-8-14-12)16(13)9-10-5-2-1-3-6-10/h1-8H,9H2,(H,14,15,17). The first-order valence-corrected chi connectivity index (χ1v) is 5.42. The van der Waals surface area contributed by atoms with Crippen molar-refractivity contribution in [3.05, 3.63) is 64.7 Å². The molecule has 0 spiro atoms. The smallest absolute Gasteiger partial charge is 0.290 e. The van der Waals surface area contributed by atoms with E-state index in [0.29, 0.717) is 12.2 Å². The van der Waals surface area contributed by atoms with Gasteiger partial charge in [-0.25, -0.2) is 9.78 Å². The highest BCUT2D eigenvalue weighted by molar-refractivity contribution is 5.70. The van der Waals surface area contributed by atoms with Crippen LogP contribution in [0.5, 0.6) is 0 Å². The van der Waals surface area contributed by atoms with Crippen LogP contribution in [0.2, 0.25) is 0 Å². The molecule has 0 amide bonds. The number of hydrogen-bond acceptors (Lipinski definition) is 2. The van der Waals surface area contributed by atoms with Gasteiger partial charge in [-0.1, -0.05) is 30.3 Å². The van der Waals surface area contributed by atoms with E-state index < -0.39 is 0 Å². The molecule has 0 unspecified atom stereocenters. The lowest BCUT2D eigenvalue weighted by atomic mass is 10.2. The predicted octanol–water partition coefficient (Wildman–Crippen LogP) is 1.77. The molecule has 3 aromatic rings. The molecule has 0 bridgehead atoms. The number of benzene rings is 1. The number of nitrogens with zero attached hydrogens (tertiary/aromatic N) is 2. The van der Waals surface area contributed by atoms with Gasteiger partial charge in [0.25, 0.3) is 0 Å². The van der Waals surface area contributed by atoms with E-state index in [0.717, 1.165) is 11.1 Å². The van der Waals surface area contributed by atoms with Crippen molar-refractivity contribution in [3.63, 3.8) is 0 Å². The van der Waals surface area contributed by atoms with E-state index in [9.17, 15) is 4.79 Å². The molecule has 0 saturated carbocycles. The van der Waals surface area contributed by atoms with E-state index in [4.69, 9.17) is 0 Å². The fourth-order valence-corrected chi connectivity index (χ4v) is 1.91. The van der Waals surface area contributed by atoms with Gasteiger partial charge in [0.2, 0.25) is 0 Å². The van der Waals surface area contributed by atoms with Gasteiger partial charge in [0.05, 0.1) is 12.1 Å². The van der Waals surface area contributed by atoms with Crippen molar-refractivity contribution in [2.24, 2.45) is 0 Å². The third kappa shape index (κ3) is 1.73. The van der Waals surface area contributed by atoms with Gasteiger partial charge in [-0.15, -0.1) is 0 Å². The van der Waals surface area contributed by atoms with Gasteiger partial charge < -0.3 is 0 Å². The summed E-state index contributed by atoms with van der Waals surface area (Å²) in [6.07, 6.45) is 1.67. The maximum absolute atomic E-state index is 11.8. The summed E-state index contributed by atoms with van der Waals surface area (Å²) < 4.78 is 1.69. The summed E-state index contributed by atoms with van der Waals surface area (Å²) in [5.74, 6) is 0. The molecule has 4 heteroatoms. The summed E-state index contributed by atoms with van der Waals surface area (Å²) in [7, 11) is 0. The Balaban J connectivity index is 2.12. The summed E-state index contributed by atoms with van der Waals surface area (Å²) >= 11 is 0. The third-order valence-corrected chi connectivity index (χ3v) is 2.73. The molecule has 0 radical (unpaired) electrons. The number of nitrogens with one attached hydrogen (secondary N) is 1. The van der Waals surface area contributed by atoms with Crippen molar-refractivity contribution < 1.29 is 0 Å². The van der Waals surface area contributed by atoms with Crippen molar-refractivity contribution in [2.75, 3.05) is 0 Å². The van der Waals surface area contributed by atoms with Crippen molar-refractivity contribution in [2.45, 2.75) is 6.54 Å². The van der Waals surface area contributed by atoms with Gasteiger partial charge in [-0.05, 0) is 17.7 Å². The molecule has 3 rings (SSSR count).